The molecular formula is C20H23FN2O. The molecule has 2 aromatic rings. The van der Waals surface area contributed by atoms with Gasteiger partial charge < -0.3 is 10.2 Å². The second-order valence-electron chi connectivity index (χ2n) is 6.25. The summed E-state index contributed by atoms with van der Waals surface area (Å²) >= 11 is 0. The van der Waals surface area contributed by atoms with E-state index in [1.807, 2.05) is 18.2 Å². The average molecular weight is 326 g/mol. The molecular weight excluding hydrogens is 303 g/mol. The van der Waals surface area contributed by atoms with Crippen molar-refractivity contribution in [3.8, 4) is 0 Å². The molecule has 3 rings (SSSR count). The van der Waals surface area contributed by atoms with Gasteiger partial charge >= 0.3 is 0 Å². The van der Waals surface area contributed by atoms with Crippen LogP contribution < -0.4 is 10.2 Å². The zero-order valence-corrected chi connectivity index (χ0v) is 13.8. The van der Waals surface area contributed by atoms with E-state index in [2.05, 4.69) is 22.3 Å². The van der Waals surface area contributed by atoms with Crippen LogP contribution in [0.4, 0.5) is 15.8 Å². The number of benzene rings is 2. The molecule has 0 radical (unpaired) electrons. The lowest BCUT2D eigenvalue weighted by molar-refractivity contribution is -0.116. The first-order chi connectivity index (χ1) is 11.7. The maximum atomic E-state index is 14.2. The molecule has 0 unspecified atom stereocenters. The van der Waals surface area contributed by atoms with Crippen LogP contribution in [0.15, 0.2) is 48.5 Å². The lowest BCUT2D eigenvalue weighted by Crippen LogP contribution is -2.19. The minimum atomic E-state index is -0.265. The summed E-state index contributed by atoms with van der Waals surface area (Å²) in [4.78, 5) is 14.1. The van der Waals surface area contributed by atoms with Crippen LogP contribution in [0, 0.1) is 5.82 Å². The van der Waals surface area contributed by atoms with Crippen molar-refractivity contribution in [2.45, 2.75) is 32.1 Å². The first-order valence-corrected chi connectivity index (χ1v) is 8.60. The number of halogens is 1. The van der Waals surface area contributed by atoms with Crippen molar-refractivity contribution in [1.29, 1.82) is 0 Å². The van der Waals surface area contributed by atoms with Gasteiger partial charge in [0.05, 0.1) is 5.69 Å². The smallest absolute Gasteiger partial charge is 0.224 e. The van der Waals surface area contributed by atoms with Gasteiger partial charge in [-0.15, -0.1) is 0 Å². The van der Waals surface area contributed by atoms with Crippen molar-refractivity contribution in [1.82, 2.24) is 0 Å². The lowest BCUT2D eigenvalue weighted by Gasteiger charge is -2.18. The Labute approximate surface area is 142 Å². The van der Waals surface area contributed by atoms with E-state index < -0.39 is 0 Å². The Bertz CT molecular complexity index is 681. The number of hydrogen-bond donors (Lipinski definition) is 1. The summed E-state index contributed by atoms with van der Waals surface area (Å²) in [6, 6.07) is 15.1. The molecule has 0 saturated carbocycles. The van der Waals surface area contributed by atoms with E-state index >= 15 is 0 Å². The summed E-state index contributed by atoms with van der Waals surface area (Å²) in [5.74, 6) is -0.335. The van der Waals surface area contributed by atoms with Crippen molar-refractivity contribution in [3.63, 3.8) is 0 Å². The summed E-state index contributed by atoms with van der Waals surface area (Å²) in [5, 5.41) is 2.79. The monoisotopic (exact) mass is 326 g/mol. The predicted octanol–water partition coefficient (Wildman–Crippen LogP) is 4.39. The highest BCUT2D eigenvalue weighted by atomic mass is 19.1. The zero-order valence-electron chi connectivity index (χ0n) is 13.8. The van der Waals surface area contributed by atoms with Gasteiger partial charge in [-0.05, 0) is 49.4 Å². The van der Waals surface area contributed by atoms with Crippen molar-refractivity contribution < 1.29 is 9.18 Å². The maximum Gasteiger partial charge on any atom is 0.224 e. The third kappa shape index (κ3) is 4.34. The van der Waals surface area contributed by atoms with E-state index in [4.69, 9.17) is 0 Å². The van der Waals surface area contributed by atoms with Crippen LogP contribution in [0.5, 0.6) is 0 Å². The van der Waals surface area contributed by atoms with Crippen LogP contribution in [-0.2, 0) is 11.2 Å². The number of nitrogens with zero attached hydrogens (tertiary/aromatic N) is 1. The number of hydrogen-bond acceptors (Lipinski definition) is 2. The summed E-state index contributed by atoms with van der Waals surface area (Å²) < 4.78 is 14.2. The fraction of sp³-hybridized carbons (Fsp3) is 0.350. The van der Waals surface area contributed by atoms with Gasteiger partial charge in [-0.1, -0.05) is 30.3 Å². The van der Waals surface area contributed by atoms with Gasteiger partial charge in [-0.3, -0.25) is 4.79 Å². The minimum absolute atomic E-state index is 0.0701. The summed E-state index contributed by atoms with van der Waals surface area (Å²) in [5.41, 5.74) is 2.39. The molecule has 1 heterocycles. The molecule has 1 aliphatic heterocycles. The van der Waals surface area contributed by atoms with Gasteiger partial charge in [-0.25, -0.2) is 4.39 Å². The number of carbonyl (C=O) groups excluding carboxylic acids is 1. The van der Waals surface area contributed by atoms with E-state index in [-0.39, 0.29) is 11.7 Å². The van der Waals surface area contributed by atoms with Crippen LogP contribution in [0.1, 0.15) is 31.2 Å². The molecule has 1 aliphatic rings. The van der Waals surface area contributed by atoms with E-state index in [0.29, 0.717) is 17.8 Å². The summed E-state index contributed by atoms with van der Waals surface area (Å²) in [6.07, 6.45) is 4.31. The molecule has 1 fully saturated rings. The highest BCUT2D eigenvalue weighted by molar-refractivity contribution is 5.90. The number of carbonyl (C=O) groups is 1. The van der Waals surface area contributed by atoms with Crippen LogP contribution in [-0.4, -0.2) is 19.0 Å². The molecule has 0 aliphatic carbocycles. The Morgan fingerprint density at radius 1 is 1.08 bits per heavy atom. The largest absolute Gasteiger partial charge is 0.369 e. The molecule has 1 amide bonds. The second kappa shape index (κ2) is 7.95. The fourth-order valence-corrected chi connectivity index (χ4v) is 3.12. The SMILES string of the molecule is O=C(CCCc1ccccc1)Nc1ccc(N2CCCC2)c(F)c1. The highest BCUT2D eigenvalue weighted by Crippen LogP contribution is 2.26. The lowest BCUT2D eigenvalue weighted by atomic mass is 10.1. The second-order valence-corrected chi connectivity index (χ2v) is 6.25. The van der Waals surface area contributed by atoms with Crippen molar-refractivity contribution in [2.75, 3.05) is 23.3 Å². The third-order valence-electron chi connectivity index (χ3n) is 4.39. The van der Waals surface area contributed by atoms with Gasteiger partial charge in [-0.2, -0.15) is 0 Å². The quantitative estimate of drug-likeness (QED) is 0.854. The van der Waals surface area contributed by atoms with Crippen molar-refractivity contribution >= 4 is 17.3 Å². The van der Waals surface area contributed by atoms with E-state index in [1.54, 1.807) is 12.1 Å². The number of anilines is 2. The number of nitrogens with one attached hydrogen (secondary N) is 1. The Morgan fingerprint density at radius 2 is 1.83 bits per heavy atom. The highest BCUT2D eigenvalue weighted by Gasteiger charge is 2.16. The fourth-order valence-electron chi connectivity index (χ4n) is 3.12. The van der Waals surface area contributed by atoms with Gasteiger partial charge in [0, 0.05) is 25.2 Å². The van der Waals surface area contributed by atoms with Crippen molar-refractivity contribution in [3.05, 3.63) is 59.9 Å². The Balaban J connectivity index is 1.50. The van der Waals surface area contributed by atoms with Gasteiger partial charge in [0.15, 0.2) is 0 Å². The van der Waals surface area contributed by atoms with Gasteiger partial charge in [0.2, 0.25) is 5.91 Å². The Kier molecular flexibility index (Phi) is 5.47. The molecule has 4 heteroatoms. The average Bonchev–Trinajstić information content (AvgIpc) is 3.10. The summed E-state index contributed by atoms with van der Waals surface area (Å²) in [6.45, 7) is 1.81. The molecule has 1 N–H and O–H groups in total. The van der Waals surface area contributed by atoms with Gasteiger partial charge in [0.1, 0.15) is 5.82 Å². The molecule has 2 aromatic carbocycles. The molecule has 3 nitrogen and oxygen atoms in total. The normalized spacial score (nSPS) is 14.0. The number of amides is 1. The molecule has 0 atom stereocenters. The molecule has 0 aromatic heterocycles. The predicted molar refractivity (Wildman–Crippen MR) is 95.9 cm³/mol. The third-order valence-corrected chi connectivity index (χ3v) is 4.39. The topological polar surface area (TPSA) is 32.3 Å². The van der Waals surface area contributed by atoms with Crippen molar-refractivity contribution in [2.24, 2.45) is 0 Å². The number of rotatable bonds is 6. The van der Waals surface area contributed by atoms with Crippen LogP contribution in [0.2, 0.25) is 0 Å². The van der Waals surface area contributed by atoms with Crippen LogP contribution in [0.3, 0.4) is 0 Å². The standard InChI is InChI=1S/C20H23FN2O/c21-18-15-17(11-12-19(18)23-13-4-5-14-23)22-20(24)10-6-9-16-7-2-1-3-8-16/h1-3,7-8,11-12,15H,4-6,9-10,13-14H2,(H,22,24). The first-order valence-electron chi connectivity index (χ1n) is 8.60. The van der Waals surface area contributed by atoms with Gasteiger partial charge in [0.25, 0.3) is 0 Å². The maximum absolute atomic E-state index is 14.2. The molecule has 0 bridgehead atoms. The van der Waals surface area contributed by atoms with E-state index in [0.717, 1.165) is 38.8 Å². The number of aryl methyl sites for hydroxylation is 1. The zero-order chi connectivity index (χ0) is 16.8. The Morgan fingerprint density at radius 3 is 2.54 bits per heavy atom. The summed E-state index contributed by atoms with van der Waals surface area (Å²) in [7, 11) is 0. The van der Waals surface area contributed by atoms with E-state index in [1.165, 1.54) is 11.6 Å². The minimum Gasteiger partial charge on any atom is -0.369 e. The molecule has 0 spiro atoms. The molecule has 126 valence electrons. The molecule has 24 heavy (non-hydrogen) atoms. The molecule has 1 saturated heterocycles. The van der Waals surface area contributed by atoms with E-state index in [9.17, 15) is 9.18 Å². The van der Waals surface area contributed by atoms with Crippen LogP contribution in [0.25, 0.3) is 0 Å². The Hall–Kier alpha value is -2.36. The van der Waals surface area contributed by atoms with Crippen LogP contribution >= 0.6 is 0 Å². The first kappa shape index (κ1) is 16.5.